The van der Waals surface area contributed by atoms with Gasteiger partial charge in [-0.3, -0.25) is 0 Å². The van der Waals surface area contributed by atoms with Gasteiger partial charge in [0, 0.05) is 37.3 Å². The molecule has 1 saturated heterocycles. The molecule has 18 heavy (non-hydrogen) atoms. The number of aryl methyl sites for hydroxylation is 1. The number of rotatable bonds is 5. The van der Waals surface area contributed by atoms with Crippen LogP contribution in [0.25, 0.3) is 0 Å². The SMILES string of the molecule is CCN(CC1(CN)CCOC1)c1cccc(C)c1. The molecule has 1 aliphatic rings. The third-order valence-corrected chi connectivity index (χ3v) is 3.89. The van der Waals surface area contributed by atoms with Gasteiger partial charge in [-0.1, -0.05) is 12.1 Å². The zero-order valence-corrected chi connectivity index (χ0v) is 11.5. The van der Waals surface area contributed by atoms with Gasteiger partial charge in [0.15, 0.2) is 0 Å². The van der Waals surface area contributed by atoms with Gasteiger partial charge in [-0.05, 0) is 38.0 Å². The van der Waals surface area contributed by atoms with Gasteiger partial charge < -0.3 is 15.4 Å². The van der Waals surface area contributed by atoms with E-state index < -0.39 is 0 Å². The Labute approximate surface area is 110 Å². The average Bonchev–Trinajstić information content (AvgIpc) is 2.85. The van der Waals surface area contributed by atoms with Gasteiger partial charge >= 0.3 is 0 Å². The molecule has 3 nitrogen and oxygen atoms in total. The molecule has 1 aromatic carbocycles. The van der Waals surface area contributed by atoms with Crippen molar-refractivity contribution in [1.82, 2.24) is 0 Å². The predicted molar refractivity (Wildman–Crippen MR) is 76.0 cm³/mol. The second-order valence-electron chi connectivity index (χ2n) is 5.36. The maximum Gasteiger partial charge on any atom is 0.0552 e. The summed E-state index contributed by atoms with van der Waals surface area (Å²) in [7, 11) is 0. The molecule has 1 heterocycles. The van der Waals surface area contributed by atoms with Gasteiger partial charge in [-0.15, -0.1) is 0 Å². The van der Waals surface area contributed by atoms with E-state index in [0.29, 0.717) is 6.54 Å². The Morgan fingerprint density at radius 1 is 1.44 bits per heavy atom. The van der Waals surface area contributed by atoms with Crippen molar-refractivity contribution in [2.24, 2.45) is 11.1 Å². The molecule has 2 N–H and O–H groups in total. The molecule has 100 valence electrons. The van der Waals surface area contributed by atoms with E-state index in [1.54, 1.807) is 0 Å². The molecule has 1 aliphatic heterocycles. The summed E-state index contributed by atoms with van der Waals surface area (Å²) in [5.41, 5.74) is 8.70. The topological polar surface area (TPSA) is 38.5 Å². The van der Waals surface area contributed by atoms with Crippen LogP contribution in [0.1, 0.15) is 18.9 Å². The van der Waals surface area contributed by atoms with Gasteiger partial charge in [0.25, 0.3) is 0 Å². The first kappa shape index (κ1) is 13.4. The minimum Gasteiger partial charge on any atom is -0.381 e. The zero-order chi connectivity index (χ0) is 13.0. The van der Waals surface area contributed by atoms with Gasteiger partial charge in [0.05, 0.1) is 6.61 Å². The molecule has 0 radical (unpaired) electrons. The normalized spacial score (nSPS) is 23.3. The first-order valence-electron chi connectivity index (χ1n) is 6.78. The Bertz CT molecular complexity index is 386. The van der Waals surface area contributed by atoms with Crippen LogP contribution in [0.2, 0.25) is 0 Å². The summed E-state index contributed by atoms with van der Waals surface area (Å²) in [4.78, 5) is 2.41. The van der Waals surface area contributed by atoms with Crippen LogP contribution in [-0.4, -0.2) is 32.8 Å². The van der Waals surface area contributed by atoms with Gasteiger partial charge in [0.1, 0.15) is 0 Å². The highest BCUT2D eigenvalue weighted by Gasteiger charge is 2.35. The van der Waals surface area contributed by atoms with Crippen LogP contribution in [0, 0.1) is 12.3 Å². The smallest absolute Gasteiger partial charge is 0.0552 e. The maximum atomic E-state index is 5.97. The summed E-state index contributed by atoms with van der Waals surface area (Å²) in [6.45, 7) is 8.68. The van der Waals surface area contributed by atoms with E-state index in [4.69, 9.17) is 10.5 Å². The minimum absolute atomic E-state index is 0.139. The first-order valence-corrected chi connectivity index (χ1v) is 6.78. The lowest BCUT2D eigenvalue weighted by atomic mass is 9.86. The summed E-state index contributed by atoms with van der Waals surface area (Å²) in [6, 6.07) is 8.67. The molecule has 0 saturated carbocycles. The van der Waals surface area contributed by atoms with Crippen molar-refractivity contribution in [2.45, 2.75) is 20.3 Å². The Kier molecular flexibility index (Phi) is 4.25. The fourth-order valence-electron chi connectivity index (χ4n) is 2.61. The van der Waals surface area contributed by atoms with E-state index in [1.807, 2.05) is 0 Å². The molecule has 0 aliphatic carbocycles. The van der Waals surface area contributed by atoms with Crippen LogP contribution in [-0.2, 0) is 4.74 Å². The van der Waals surface area contributed by atoms with Crippen LogP contribution in [0.3, 0.4) is 0 Å². The molecule has 2 rings (SSSR count). The largest absolute Gasteiger partial charge is 0.381 e. The molecular formula is C15H24N2O. The maximum absolute atomic E-state index is 5.97. The first-order chi connectivity index (χ1) is 8.69. The quantitative estimate of drug-likeness (QED) is 0.868. The van der Waals surface area contributed by atoms with Crippen molar-refractivity contribution in [3.8, 4) is 0 Å². The monoisotopic (exact) mass is 248 g/mol. The Hall–Kier alpha value is -1.06. The van der Waals surface area contributed by atoms with E-state index in [9.17, 15) is 0 Å². The van der Waals surface area contributed by atoms with Gasteiger partial charge in [0.2, 0.25) is 0 Å². The summed E-state index contributed by atoms with van der Waals surface area (Å²) >= 11 is 0. The van der Waals surface area contributed by atoms with Crippen LogP contribution in [0.15, 0.2) is 24.3 Å². The number of hydrogen-bond acceptors (Lipinski definition) is 3. The lowest BCUT2D eigenvalue weighted by Crippen LogP contribution is -2.43. The second-order valence-corrected chi connectivity index (χ2v) is 5.36. The van der Waals surface area contributed by atoms with Crippen LogP contribution in [0.4, 0.5) is 5.69 Å². The Morgan fingerprint density at radius 3 is 2.83 bits per heavy atom. The average molecular weight is 248 g/mol. The van der Waals surface area contributed by atoms with E-state index >= 15 is 0 Å². The molecule has 0 bridgehead atoms. The Balaban J connectivity index is 2.14. The number of ether oxygens (including phenoxy) is 1. The van der Waals surface area contributed by atoms with E-state index in [2.05, 4.69) is 43.0 Å². The Morgan fingerprint density at radius 2 is 2.28 bits per heavy atom. The molecule has 1 atom stereocenters. The molecule has 3 heteroatoms. The summed E-state index contributed by atoms with van der Waals surface area (Å²) < 4.78 is 5.55. The highest BCUT2D eigenvalue weighted by molar-refractivity contribution is 5.48. The number of nitrogens with two attached hydrogens (primary N) is 1. The fraction of sp³-hybridized carbons (Fsp3) is 0.600. The molecule has 0 amide bonds. The van der Waals surface area contributed by atoms with Crippen molar-refractivity contribution in [1.29, 1.82) is 0 Å². The van der Waals surface area contributed by atoms with E-state index in [1.165, 1.54) is 11.3 Å². The van der Waals surface area contributed by atoms with Crippen molar-refractivity contribution < 1.29 is 4.74 Å². The lowest BCUT2D eigenvalue weighted by Gasteiger charge is -2.34. The van der Waals surface area contributed by atoms with Crippen LogP contribution < -0.4 is 10.6 Å². The number of benzene rings is 1. The van der Waals surface area contributed by atoms with Crippen molar-refractivity contribution in [3.63, 3.8) is 0 Å². The van der Waals surface area contributed by atoms with E-state index in [-0.39, 0.29) is 5.41 Å². The number of anilines is 1. The number of nitrogens with zero attached hydrogens (tertiary/aromatic N) is 1. The third-order valence-electron chi connectivity index (χ3n) is 3.89. The predicted octanol–water partition coefficient (Wildman–Crippen LogP) is 2.19. The molecule has 1 fully saturated rings. The standard InChI is InChI=1S/C15H24N2O/c1-3-17(14-6-4-5-13(2)9-14)11-15(10-16)7-8-18-12-15/h4-6,9H,3,7-8,10-12,16H2,1-2H3. The highest BCUT2D eigenvalue weighted by Crippen LogP contribution is 2.30. The van der Waals surface area contributed by atoms with Gasteiger partial charge in [-0.2, -0.15) is 0 Å². The molecule has 0 spiro atoms. The molecule has 1 unspecified atom stereocenters. The summed E-state index contributed by atoms with van der Waals surface area (Å²) in [5, 5.41) is 0. The third kappa shape index (κ3) is 2.85. The summed E-state index contributed by atoms with van der Waals surface area (Å²) in [6.07, 6.45) is 1.08. The van der Waals surface area contributed by atoms with Crippen LogP contribution >= 0.6 is 0 Å². The van der Waals surface area contributed by atoms with Crippen molar-refractivity contribution >= 4 is 5.69 Å². The van der Waals surface area contributed by atoms with Crippen molar-refractivity contribution in [2.75, 3.05) is 37.7 Å². The second kappa shape index (κ2) is 5.72. The van der Waals surface area contributed by atoms with Gasteiger partial charge in [-0.25, -0.2) is 0 Å². The van der Waals surface area contributed by atoms with Crippen molar-refractivity contribution in [3.05, 3.63) is 29.8 Å². The fourth-order valence-corrected chi connectivity index (χ4v) is 2.61. The molecule has 0 aromatic heterocycles. The summed E-state index contributed by atoms with van der Waals surface area (Å²) in [5.74, 6) is 0. The molecular weight excluding hydrogens is 224 g/mol. The zero-order valence-electron chi connectivity index (χ0n) is 11.5. The molecule has 1 aromatic rings. The minimum atomic E-state index is 0.139. The number of hydrogen-bond donors (Lipinski definition) is 1. The highest BCUT2D eigenvalue weighted by atomic mass is 16.5. The van der Waals surface area contributed by atoms with E-state index in [0.717, 1.165) is 32.7 Å². The lowest BCUT2D eigenvalue weighted by molar-refractivity contribution is 0.157. The van der Waals surface area contributed by atoms with Crippen LogP contribution in [0.5, 0.6) is 0 Å².